The molecular formula is C15H22N4O2. The summed E-state index contributed by atoms with van der Waals surface area (Å²) in [5.74, 6) is 0.791. The maximum atomic E-state index is 11.9. The number of nitrogens with one attached hydrogen (secondary N) is 2. The number of aromatic nitrogens is 1. The SMILES string of the molecule is CC(C)C[C@H](N)C(=O)Nc1ccc(NC(=O)C2CC2)nc1. The first kappa shape index (κ1) is 15.4. The monoisotopic (exact) mass is 290 g/mol. The summed E-state index contributed by atoms with van der Waals surface area (Å²) < 4.78 is 0. The van der Waals surface area contributed by atoms with Crippen LogP contribution in [0.15, 0.2) is 18.3 Å². The molecular weight excluding hydrogens is 268 g/mol. The zero-order chi connectivity index (χ0) is 15.4. The molecule has 2 rings (SSSR count). The third kappa shape index (κ3) is 4.82. The fraction of sp³-hybridized carbons (Fsp3) is 0.533. The number of carbonyl (C=O) groups excluding carboxylic acids is 2. The summed E-state index contributed by atoms with van der Waals surface area (Å²) in [5, 5.41) is 5.47. The van der Waals surface area contributed by atoms with Crippen LogP contribution in [0.1, 0.15) is 33.1 Å². The number of carbonyl (C=O) groups is 2. The highest BCUT2D eigenvalue weighted by atomic mass is 16.2. The minimum atomic E-state index is -0.528. The standard InChI is InChI=1S/C15H22N4O2/c1-9(2)7-12(16)15(21)18-11-5-6-13(17-8-11)19-14(20)10-3-4-10/h5-6,8-10,12H,3-4,7,16H2,1-2H3,(H,18,21)(H,17,19,20)/t12-/m0/s1. The van der Waals surface area contributed by atoms with Crippen LogP contribution in [0, 0.1) is 11.8 Å². The molecule has 0 spiro atoms. The second-order valence-electron chi connectivity index (χ2n) is 5.92. The van der Waals surface area contributed by atoms with Crippen molar-refractivity contribution < 1.29 is 9.59 Å². The summed E-state index contributed by atoms with van der Waals surface area (Å²) in [5.41, 5.74) is 6.39. The summed E-state index contributed by atoms with van der Waals surface area (Å²) in [4.78, 5) is 27.6. The van der Waals surface area contributed by atoms with Gasteiger partial charge in [0.05, 0.1) is 17.9 Å². The smallest absolute Gasteiger partial charge is 0.241 e. The predicted molar refractivity (Wildman–Crippen MR) is 81.7 cm³/mol. The Hall–Kier alpha value is -1.95. The van der Waals surface area contributed by atoms with Crippen molar-refractivity contribution in [3.63, 3.8) is 0 Å². The number of amides is 2. The number of nitrogens with zero attached hydrogens (tertiary/aromatic N) is 1. The van der Waals surface area contributed by atoms with Crippen LogP contribution in [-0.2, 0) is 9.59 Å². The molecule has 114 valence electrons. The van der Waals surface area contributed by atoms with Gasteiger partial charge in [0.2, 0.25) is 11.8 Å². The fourth-order valence-electron chi connectivity index (χ4n) is 1.97. The minimum absolute atomic E-state index is 0.0123. The Morgan fingerprint density at radius 3 is 2.57 bits per heavy atom. The number of hydrogen-bond donors (Lipinski definition) is 3. The first-order chi connectivity index (χ1) is 9.95. The molecule has 4 N–H and O–H groups in total. The van der Waals surface area contributed by atoms with Gasteiger partial charge in [0.25, 0.3) is 0 Å². The van der Waals surface area contributed by atoms with E-state index in [1.54, 1.807) is 12.1 Å². The lowest BCUT2D eigenvalue weighted by molar-refractivity contribution is -0.118. The number of hydrogen-bond acceptors (Lipinski definition) is 4. The molecule has 6 heteroatoms. The van der Waals surface area contributed by atoms with Crippen molar-refractivity contribution in [2.75, 3.05) is 10.6 Å². The summed E-state index contributed by atoms with van der Waals surface area (Å²) in [6, 6.07) is 2.85. The highest BCUT2D eigenvalue weighted by molar-refractivity contribution is 5.95. The van der Waals surface area contributed by atoms with Crippen LogP contribution < -0.4 is 16.4 Å². The molecule has 0 bridgehead atoms. The van der Waals surface area contributed by atoms with Gasteiger partial charge in [0.15, 0.2) is 0 Å². The molecule has 1 aliphatic rings. The lowest BCUT2D eigenvalue weighted by Gasteiger charge is -2.14. The highest BCUT2D eigenvalue weighted by Gasteiger charge is 2.29. The second-order valence-corrected chi connectivity index (χ2v) is 5.92. The number of anilines is 2. The average molecular weight is 290 g/mol. The van der Waals surface area contributed by atoms with Crippen molar-refractivity contribution in [3.8, 4) is 0 Å². The molecule has 1 heterocycles. The predicted octanol–water partition coefficient (Wildman–Crippen LogP) is 1.74. The van der Waals surface area contributed by atoms with Gasteiger partial charge in [-0.3, -0.25) is 9.59 Å². The summed E-state index contributed by atoms with van der Waals surface area (Å²) in [6.07, 6.45) is 4.05. The van der Waals surface area contributed by atoms with Gasteiger partial charge in [-0.1, -0.05) is 13.8 Å². The first-order valence-corrected chi connectivity index (χ1v) is 7.29. The molecule has 6 nitrogen and oxygen atoms in total. The lowest BCUT2D eigenvalue weighted by atomic mass is 10.0. The van der Waals surface area contributed by atoms with E-state index in [-0.39, 0.29) is 17.7 Å². The van der Waals surface area contributed by atoms with Gasteiger partial charge in [-0.2, -0.15) is 0 Å². The van der Waals surface area contributed by atoms with Gasteiger partial charge < -0.3 is 16.4 Å². The van der Waals surface area contributed by atoms with Gasteiger partial charge in [0, 0.05) is 5.92 Å². The molecule has 1 aromatic heterocycles. The van der Waals surface area contributed by atoms with E-state index < -0.39 is 6.04 Å². The van der Waals surface area contributed by atoms with E-state index in [4.69, 9.17) is 5.73 Å². The van der Waals surface area contributed by atoms with Crippen molar-refractivity contribution in [2.24, 2.45) is 17.6 Å². The second kappa shape index (κ2) is 6.67. The molecule has 1 atom stereocenters. The van der Waals surface area contributed by atoms with Gasteiger partial charge in [-0.25, -0.2) is 4.98 Å². The van der Waals surface area contributed by atoms with Gasteiger partial charge >= 0.3 is 0 Å². The third-order valence-electron chi connectivity index (χ3n) is 3.29. The van der Waals surface area contributed by atoms with E-state index in [2.05, 4.69) is 15.6 Å². The summed E-state index contributed by atoms with van der Waals surface area (Å²) in [7, 11) is 0. The van der Waals surface area contributed by atoms with Gasteiger partial charge in [0.1, 0.15) is 5.82 Å². The van der Waals surface area contributed by atoms with E-state index in [1.165, 1.54) is 6.20 Å². The van der Waals surface area contributed by atoms with E-state index in [1.807, 2.05) is 13.8 Å². The normalized spacial score (nSPS) is 15.6. The van der Waals surface area contributed by atoms with Crippen LogP contribution in [0.25, 0.3) is 0 Å². The van der Waals surface area contributed by atoms with Crippen LogP contribution >= 0.6 is 0 Å². The number of rotatable bonds is 6. The molecule has 21 heavy (non-hydrogen) atoms. The van der Waals surface area contributed by atoms with E-state index in [0.29, 0.717) is 23.8 Å². The van der Waals surface area contributed by atoms with Crippen LogP contribution in [-0.4, -0.2) is 22.8 Å². The Labute approximate surface area is 124 Å². The topological polar surface area (TPSA) is 97.1 Å². The Morgan fingerprint density at radius 1 is 1.33 bits per heavy atom. The molecule has 1 aromatic rings. The summed E-state index contributed by atoms with van der Waals surface area (Å²) >= 11 is 0. The molecule has 1 fully saturated rings. The maximum Gasteiger partial charge on any atom is 0.241 e. The Morgan fingerprint density at radius 2 is 2.05 bits per heavy atom. The fourth-order valence-corrected chi connectivity index (χ4v) is 1.97. The average Bonchev–Trinajstić information content (AvgIpc) is 3.24. The Balaban J connectivity index is 1.86. The van der Waals surface area contributed by atoms with E-state index in [0.717, 1.165) is 12.8 Å². The minimum Gasteiger partial charge on any atom is -0.323 e. The zero-order valence-electron chi connectivity index (χ0n) is 12.4. The lowest BCUT2D eigenvalue weighted by Crippen LogP contribution is -2.36. The molecule has 1 aliphatic carbocycles. The maximum absolute atomic E-state index is 11.9. The number of pyridine rings is 1. The van der Waals surface area contributed by atoms with E-state index in [9.17, 15) is 9.59 Å². The van der Waals surface area contributed by atoms with Crippen molar-refractivity contribution in [1.29, 1.82) is 0 Å². The summed E-state index contributed by atoms with van der Waals surface area (Å²) in [6.45, 7) is 4.04. The van der Waals surface area contributed by atoms with Crippen molar-refractivity contribution in [3.05, 3.63) is 18.3 Å². The third-order valence-corrected chi connectivity index (χ3v) is 3.29. The van der Waals surface area contributed by atoms with Crippen molar-refractivity contribution in [1.82, 2.24) is 4.98 Å². The molecule has 0 aromatic carbocycles. The molecule has 0 radical (unpaired) electrons. The molecule has 2 amide bonds. The first-order valence-electron chi connectivity index (χ1n) is 7.29. The largest absolute Gasteiger partial charge is 0.323 e. The number of nitrogens with two attached hydrogens (primary N) is 1. The molecule has 0 aliphatic heterocycles. The van der Waals surface area contributed by atoms with Crippen molar-refractivity contribution in [2.45, 2.75) is 39.2 Å². The Bertz CT molecular complexity index is 509. The molecule has 0 unspecified atom stereocenters. The highest BCUT2D eigenvalue weighted by Crippen LogP contribution is 2.29. The van der Waals surface area contributed by atoms with Gasteiger partial charge in [-0.15, -0.1) is 0 Å². The van der Waals surface area contributed by atoms with Gasteiger partial charge in [-0.05, 0) is 37.3 Å². The Kier molecular flexibility index (Phi) is 4.90. The van der Waals surface area contributed by atoms with Crippen molar-refractivity contribution >= 4 is 23.3 Å². The molecule has 0 saturated heterocycles. The van der Waals surface area contributed by atoms with Crippen LogP contribution in [0.3, 0.4) is 0 Å². The van der Waals surface area contributed by atoms with Crippen LogP contribution in [0.4, 0.5) is 11.5 Å². The van der Waals surface area contributed by atoms with Crippen LogP contribution in [0.5, 0.6) is 0 Å². The zero-order valence-corrected chi connectivity index (χ0v) is 12.4. The molecule has 1 saturated carbocycles. The van der Waals surface area contributed by atoms with Crippen LogP contribution in [0.2, 0.25) is 0 Å². The quantitative estimate of drug-likeness (QED) is 0.743. The van der Waals surface area contributed by atoms with E-state index >= 15 is 0 Å².